The summed E-state index contributed by atoms with van der Waals surface area (Å²) in [5.41, 5.74) is -3.58. The van der Waals surface area contributed by atoms with Crippen LogP contribution in [-0.4, -0.2) is 108 Å². The third-order valence-electron chi connectivity index (χ3n) is 3.43. The third-order valence-corrected chi connectivity index (χ3v) is 3.43. The number of carbonyl (C=O) groups is 2. The number of Topliss-reactive ketones (excluding diaryl/α,β-unsaturated/α-hetero) is 2. The number of rotatable bonds is 6. The van der Waals surface area contributed by atoms with E-state index in [0.29, 0.717) is 0 Å². The fourth-order valence-corrected chi connectivity index (χ4v) is 2.10. The highest BCUT2D eigenvalue weighted by Gasteiger charge is 2.70. The number of hydrogen-bond donors (Lipinski definition) is 8. The van der Waals surface area contributed by atoms with Crippen molar-refractivity contribution in [3.8, 4) is 0 Å². The van der Waals surface area contributed by atoms with Gasteiger partial charge in [0, 0.05) is 0 Å². The number of ether oxygens (including phenoxy) is 1. The van der Waals surface area contributed by atoms with Crippen LogP contribution in [-0.2, 0) is 14.3 Å². The average Bonchev–Trinajstić information content (AvgIpc) is 2.53. The van der Waals surface area contributed by atoms with E-state index in [4.69, 9.17) is 10.2 Å². The first-order valence-electron chi connectivity index (χ1n) is 6.19. The topological polar surface area (TPSA) is 205 Å². The van der Waals surface area contributed by atoms with Crippen LogP contribution in [0.25, 0.3) is 0 Å². The summed E-state index contributed by atoms with van der Waals surface area (Å²) in [7, 11) is 0. The lowest BCUT2D eigenvalue weighted by atomic mass is 9.74. The van der Waals surface area contributed by atoms with Gasteiger partial charge < -0.3 is 45.6 Å². The predicted molar refractivity (Wildman–Crippen MR) is 64.1 cm³/mol. The average molecular weight is 326 g/mol. The first-order valence-corrected chi connectivity index (χ1v) is 6.19. The van der Waals surface area contributed by atoms with E-state index in [1.165, 1.54) is 0 Å². The third kappa shape index (κ3) is 2.67. The van der Waals surface area contributed by atoms with Crippen LogP contribution in [0.5, 0.6) is 0 Å². The van der Waals surface area contributed by atoms with Crippen LogP contribution in [0.2, 0.25) is 0 Å². The van der Waals surface area contributed by atoms with Crippen molar-refractivity contribution in [2.24, 2.45) is 0 Å². The largest absolute Gasteiger partial charge is 0.393 e. The summed E-state index contributed by atoms with van der Waals surface area (Å²) in [6, 6.07) is 0. The Morgan fingerprint density at radius 1 is 1.05 bits per heavy atom. The minimum atomic E-state index is -3.58. The van der Waals surface area contributed by atoms with Crippen LogP contribution in [0, 0.1) is 0 Å². The minimum Gasteiger partial charge on any atom is -0.393 e. The van der Waals surface area contributed by atoms with E-state index in [9.17, 15) is 40.2 Å². The molecule has 22 heavy (non-hydrogen) atoms. The molecule has 0 aromatic heterocycles. The molecule has 0 radical (unpaired) electrons. The van der Waals surface area contributed by atoms with Gasteiger partial charge in [0.05, 0.1) is 19.8 Å². The molecule has 0 bridgehead atoms. The van der Waals surface area contributed by atoms with Crippen molar-refractivity contribution >= 4 is 11.6 Å². The smallest absolute Gasteiger partial charge is 0.269 e. The van der Waals surface area contributed by atoms with E-state index in [2.05, 4.69) is 4.74 Å². The summed E-state index contributed by atoms with van der Waals surface area (Å²) in [5.74, 6) is -7.15. The molecule has 1 fully saturated rings. The molecule has 11 heteroatoms. The highest BCUT2D eigenvalue weighted by Crippen LogP contribution is 2.37. The summed E-state index contributed by atoms with van der Waals surface area (Å²) < 4.78 is 4.53. The van der Waals surface area contributed by atoms with Gasteiger partial charge >= 0.3 is 0 Å². The zero-order valence-electron chi connectivity index (χ0n) is 11.2. The Morgan fingerprint density at radius 2 is 1.50 bits per heavy atom. The number of hydrogen-bond acceptors (Lipinski definition) is 11. The predicted octanol–water partition coefficient (Wildman–Crippen LogP) is -6.00. The second-order valence-corrected chi connectivity index (χ2v) is 4.86. The number of ketones is 2. The number of carbonyl (C=O) groups excluding carboxylic acids is 2. The zero-order valence-corrected chi connectivity index (χ0v) is 11.2. The Morgan fingerprint density at radius 3 is 1.95 bits per heavy atom. The van der Waals surface area contributed by atoms with Gasteiger partial charge in [0.15, 0.2) is 0 Å². The molecule has 0 aromatic rings. The molecule has 0 amide bonds. The lowest BCUT2D eigenvalue weighted by Gasteiger charge is -2.48. The van der Waals surface area contributed by atoms with Crippen molar-refractivity contribution in [2.45, 2.75) is 35.8 Å². The van der Waals surface area contributed by atoms with Gasteiger partial charge in [-0.3, -0.25) is 9.59 Å². The molecule has 1 aliphatic rings. The van der Waals surface area contributed by atoms with Gasteiger partial charge in [-0.15, -0.1) is 0 Å². The van der Waals surface area contributed by atoms with Gasteiger partial charge in [-0.05, 0) is 0 Å². The SMILES string of the molecule is O=C(C(O)CO)C1(O)OC[C@@H](O)[C@H](O)[C@@]1(O)C(=O)C(O)CO. The van der Waals surface area contributed by atoms with Gasteiger partial charge in [-0.1, -0.05) is 0 Å². The maximum Gasteiger partial charge on any atom is 0.269 e. The molecule has 0 aliphatic carbocycles. The van der Waals surface area contributed by atoms with Crippen molar-refractivity contribution in [1.82, 2.24) is 0 Å². The zero-order chi connectivity index (χ0) is 17.3. The van der Waals surface area contributed by atoms with Crippen molar-refractivity contribution in [3.63, 3.8) is 0 Å². The molecule has 128 valence electrons. The Labute approximate surface area is 123 Å². The van der Waals surface area contributed by atoms with E-state index in [0.717, 1.165) is 0 Å². The number of aliphatic hydroxyl groups excluding tert-OH is 6. The monoisotopic (exact) mass is 326 g/mol. The maximum atomic E-state index is 12.0. The van der Waals surface area contributed by atoms with Crippen LogP contribution in [0.3, 0.4) is 0 Å². The summed E-state index contributed by atoms with van der Waals surface area (Å²) in [6.45, 7) is -3.32. The highest BCUT2D eigenvalue weighted by atomic mass is 16.7. The fourth-order valence-electron chi connectivity index (χ4n) is 2.10. The van der Waals surface area contributed by atoms with Crippen LogP contribution in [0.15, 0.2) is 0 Å². The van der Waals surface area contributed by atoms with Gasteiger partial charge in [0.2, 0.25) is 17.2 Å². The van der Waals surface area contributed by atoms with E-state index >= 15 is 0 Å². The second kappa shape index (κ2) is 6.62. The number of aliphatic hydroxyl groups is 8. The lowest BCUT2D eigenvalue weighted by Crippen LogP contribution is -2.78. The van der Waals surface area contributed by atoms with Gasteiger partial charge in [-0.2, -0.15) is 0 Å². The lowest BCUT2D eigenvalue weighted by molar-refractivity contribution is -0.337. The van der Waals surface area contributed by atoms with Crippen LogP contribution in [0.4, 0.5) is 0 Å². The first-order chi connectivity index (χ1) is 10.1. The van der Waals surface area contributed by atoms with E-state index in [1.807, 2.05) is 0 Å². The molecule has 6 atom stereocenters. The fraction of sp³-hybridized carbons (Fsp3) is 0.818. The summed E-state index contributed by atoms with van der Waals surface area (Å²) in [6.07, 6.45) is -8.99. The van der Waals surface area contributed by atoms with Gasteiger partial charge in [-0.25, -0.2) is 0 Å². The standard InChI is InChI=1S/C11H18O11/c12-1-4(14)7(17)10(20)8(18)6(16)3-22-11(10,21)9(19)5(15)2-13/h4-6,8,12-16,18,20-21H,1-3H2/t4?,5?,6-,8+,10+,11?/m1/s1. The molecule has 0 spiro atoms. The Balaban J connectivity index is 3.40. The van der Waals surface area contributed by atoms with Crippen LogP contribution >= 0.6 is 0 Å². The van der Waals surface area contributed by atoms with E-state index < -0.39 is 67.2 Å². The normalized spacial score (nSPS) is 38.4. The van der Waals surface area contributed by atoms with Crippen molar-refractivity contribution in [2.75, 3.05) is 19.8 Å². The summed E-state index contributed by atoms with van der Waals surface area (Å²) in [4.78, 5) is 23.9. The molecule has 3 unspecified atom stereocenters. The maximum absolute atomic E-state index is 12.0. The van der Waals surface area contributed by atoms with E-state index in [-0.39, 0.29) is 0 Å². The Bertz CT molecular complexity index is 440. The quantitative estimate of drug-likeness (QED) is 0.230. The first kappa shape index (κ1) is 19.0. The van der Waals surface area contributed by atoms with Crippen molar-refractivity contribution in [1.29, 1.82) is 0 Å². The van der Waals surface area contributed by atoms with Crippen molar-refractivity contribution in [3.05, 3.63) is 0 Å². The molecule has 0 saturated carbocycles. The molecule has 1 rings (SSSR count). The molecule has 1 aliphatic heterocycles. The Kier molecular flexibility index (Phi) is 5.72. The highest BCUT2D eigenvalue weighted by molar-refractivity contribution is 6.02. The summed E-state index contributed by atoms with van der Waals surface area (Å²) in [5, 5.41) is 75.8. The van der Waals surface area contributed by atoms with Gasteiger partial charge in [0.1, 0.15) is 24.4 Å². The van der Waals surface area contributed by atoms with Crippen LogP contribution < -0.4 is 0 Å². The molecule has 1 saturated heterocycles. The molecular formula is C11H18O11. The summed E-state index contributed by atoms with van der Waals surface area (Å²) >= 11 is 0. The molecule has 0 aromatic carbocycles. The Hall–Kier alpha value is -1.02. The van der Waals surface area contributed by atoms with Gasteiger partial charge in [0.25, 0.3) is 5.79 Å². The van der Waals surface area contributed by atoms with E-state index in [1.54, 1.807) is 0 Å². The second-order valence-electron chi connectivity index (χ2n) is 4.86. The molecule has 11 nitrogen and oxygen atoms in total. The minimum absolute atomic E-state index is 0.896. The molecular weight excluding hydrogens is 308 g/mol. The molecule has 8 N–H and O–H groups in total. The molecule has 1 heterocycles. The van der Waals surface area contributed by atoms with Crippen LogP contribution in [0.1, 0.15) is 0 Å². The van der Waals surface area contributed by atoms with Crippen molar-refractivity contribution < 1.29 is 55.2 Å².